The zero-order chi connectivity index (χ0) is 10.8. The maximum absolute atomic E-state index is 11.6. The molecule has 1 fully saturated rings. The second-order valence-corrected chi connectivity index (χ2v) is 4.56. The van der Waals surface area contributed by atoms with Crippen LogP contribution in [0.5, 0.6) is 0 Å². The van der Waals surface area contributed by atoms with Crippen molar-refractivity contribution >= 4 is 34.3 Å². The third-order valence-electron chi connectivity index (χ3n) is 2.35. The molecule has 2 rings (SSSR count). The van der Waals surface area contributed by atoms with Gasteiger partial charge in [0.15, 0.2) is 5.82 Å². The number of amides is 1. The van der Waals surface area contributed by atoms with Crippen LogP contribution >= 0.6 is 22.6 Å². The summed E-state index contributed by atoms with van der Waals surface area (Å²) in [7, 11) is 0. The number of aromatic nitrogens is 2. The van der Waals surface area contributed by atoms with Crippen molar-refractivity contribution in [3.63, 3.8) is 0 Å². The molecule has 1 aliphatic rings. The predicted molar refractivity (Wildman–Crippen MR) is 62.3 cm³/mol. The van der Waals surface area contributed by atoms with Crippen molar-refractivity contribution in [1.82, 2.24) is 9.97 Å². The largest absolute Gasteiger partial charge is 0.396 e. The Morgan fingerprint density at radius 3 is 2.87 bits per heavy atom. The lowest BCUT2D eigenvalue weighted by molar-refractivity contribution is -0.117. The van der Waals surface area contributed by atoms with E-state index in [2.05, 4.69) is 32.6 Å². The summed E-state index contributed by atoms with van der Waals surface area (Å²) in [6.45, 7) is 0.574. The third-order valence-corrected chi connectivity index (χ3v) is 2.90. The van der Waals surface area contributed by atoms with Gasteiger partial charge in [0.25, 0.3) is 0 Å². The summed E-state index contributed by atoms with van der Waals surface area (Å²) in [5.74, 6) is 0.597. The van der Waals surface area contributed by atoms with Crippen molar-refractivity contribution in [1.29, 1.82) is 0 Å². The van der Waals surface area contributed by atoms with Crippen LogP contribution in [0.25, 0.3) is 0 Å². The first-order valence-corrected chi connectivity index (χ1v) is 5.67. The van der Waals surface area contributed by atoms with E-state index in [1.165, 1.54) is 0 Å². The summed E-state index contributed by atoms with van der Waals surface area (Å²) >= 11 is 2.06. The minimum atomic E-state index is 0.00422. The van der Waals surface area contributed by atoms with E-state index in [0.717, 1.165) is 3.70 Å². The van der Waals surface area contributed by atoms with Crippen molar-refractivity contribution in [3.05, 3.63) is 16.1 Å². The van der Waals surface area contributed by atoms with Crippen molar-refractivity contribution in [3.8, 4) is 0 Å². The van der Waals surface area contributed by atoms with Gasteiger partial charge < -0.3 is 5.11 Å². The summed E-state index contributed by atoms with van der Waals surface area (Å²) in [5.41, 5.74) is 0. The first-order chi connectivity index (χ1) is 7.20. The molecular formula is C9H10IN3O2. The lowest BCUT2D eigenvalue weighted by Crippen LogP contribution is -2.26. The number of aliphatic hydroxyl groups is 1. The molecule has 1 atom stereocenters. The third kappa shape index (κ3) is 2.25. The molecule has 0 bridgehead atoms. The van der Waals surface area contributed by atoms with E-state index >= 15 is 0 Å². The second kappa shape index (κ2) is 4.40. The molecular weight excluding hydrogens is 309 g/mol. The highest BCUT2D eigenvalue weighted by atomic mass is 127. The summed E-state index contributed by atoms with van der Waals surface area (Å²) in [6, 6.07) is 0. The van der Waals surface area contributed by atoms with Gasteiger partial charge in [-0.2, -0.15) is 0 Å². The Balaban J connectivity index is 2.18. The maximum Gasteiger partial charge on any atom is 0.228 e. The molecule has 0 radical (unpaired) electrons. The molecule has 1 aliphatic heterocycles. The van der Waals surface area contributed by atoms with Gasteiger partial charge in [-0.3, -0.25) is 9.69 Å². The first-order valence-electron chi connectivity index (χ1n) is 4.59. The highest BCUT2D eigenvalue weighted by molar-refractivity contribution is 14.1. The maximum atomic E-state index is 11.6. The smallest absolute Gasteiger partial charge is 0.228 e. The van der Waals surface area contributed by atoms with E-state index < -0.39 is 0 Å². The number of rotatable bonds is 2. The molecule has 1 aromatic rings. The number of halogens is 1. The van der Waals surface area contributed by atoms with Gasteiger partial charge in [-0.15, -0.1) is 0 Å². The summed E-state index contributed by atoms with van der Waals surface area (Å²) in [5, 5.41) is 8.98. The van der Waals surface area contributed by atoms with Gasteiger partial charge in [-0.25, -0.2) is 9.97 Å². The topological polar surface area (TPSA) is 66.3 Å². The number of aliphatic hydroxyl groups excluding tert-OH is 1. The molecule has 1 amide bonds. The Kier molecular flexibility index (Phi) is 3.15. The van der Waals surface area contributed by atoms with E-state index in [4.69, 9.17) is 5.11 Å². The molecule has 80 valence electrons. The van der Waals surface area contributed by atoms with Gasteiger partial charge in [0.2, 0.25) is 5.91 Å². The van der Waals surface area contributed by atoms with Gasteiger partial charge in [-0.1, -0.05) is 0 Å². The number of nitrogens with zero attached hydrogens (tertiary/aromatic N) is 3. The molecule has 2 heterocycles. The van der Waals surface area contributed by atoms with E-state index in [-0.39, 0.29) is 18.4 Å². The van der Waals surface area contributed by atoms with Gasteiger partial charge >= 0.3 is 0 Å². The molecule has 0 saturated carbocycles. The Bertz CT molecular complexity index is 368. The quantitative estimate of drug-likeness (QED) is 0.803. The van der Waals surface area contributed by atoms with E-state index in [1.54, 1.807) is 17.3 Å². The molecule has 0 aromatic carbocycles. The standard InChI is InChI=1S/C9H10IN3O2/c10-7-2-12-8(3-11-7)13-4-6(5-14)1-9(13)15/h2-3,6,14H,1,4-5H2. The Morgan fingerprint density at radius 2 is 2.33 bits per heavy atom. The summed E-state index contributed by atoms with van der Waals surface area (Å²) in [6.07, 6.45) is 3.60. The fraction of sp³-hybridized carbons (Fsp3) is 0.444. The highest BCUT2D eigenvalue weighted by Gasteiger charge is 2.30. The van der Waals surface area contributed by atoms with Crippen LogP contribution < -0.4 is 4.90 Å². The Hall–Kier alpha value is -0.760. The van der Waals surface area contributed by atoms with E-state index in [0.29, 0.717) is 18.8 Å². The summed E-state index contributed by atoms with van der Waals surface area (Å²) in [4.78, 5) is 21.4. The molecule has 1 unspecified atom stereocenters. The molecule has 1 N–H and O–H groups in total. The first kappa shape index (κ1) is 10.7. The van der Waals surface area contributed by atoms with Crippen molar-refractivity contribution in [2.24, 2.45) is 5.92 Å². The van der Waals surface area contributed by atoms with Crippen LogP contribution in [0.4, 0.5) is 5.82 Å². The molecule has 0 aliphatic carbocycles. The van der Waals surface area contributed by atoms with Crippen LogP contribution in [0.15, 0.2) is 12.4 Å². The number of carbonyl (C=O) groups excluding carboxylic acids is 1. The number of hydrogen-bond donors (Lipinski definition) is 1. The Morgan fingerprint density at radius 1 is 1.53 bits per heavy atom. The zero-order valence-corrected chi connectivity index (χ0v) is 10.1. The monoisotopic (exact) mass is 319 g/mol. The average Bonchev–Trinajstić information content (AvgIpc) is 2.61. The minimum absolute atomic E-state index is 0.00422. The van der Waals surface area contributed by atoms with Crippen molar-refractivity contribution in [2.75, 3.05) is 18.1 Å². The molecule has 1 saturated heterocycles. The lowest BCUT2D eigenvalue weighted by atomic mass is 10.1. The number of anilines is 1. The second-order valence-electron chi connectivity index (χ2n) is 3.45. The van der Waals surface area contributed by atoms with Crippen LogP contribution in [0.1, 0.15) is 6.42 Å². The normalized spacial score (nSPS) is 21.1. The molecule has 0 spiro atoms. The number of hydrogen-bond acceptors (Lipinski definition) is 4. The van der Waals surface area contributed by atoms with Crippen molar-refractivity contribution in [2.45, 2.75) is 6.42 Å². The van der Waals surface area contributed by atoms with E-state index in [1.807, 2.05) is 0 Å². The average molecular weight is 319 g/mol. The van der Waals surface area contributed by atoms with Crippen LogP contribution in [0.2, 0.25) is 0 Å². The molecule has 15 heavy (non-hydrogen) atoms. The van der Waals surface area contributed by atoms with Crippen LogP contribution in [-0.2, 0) is 4.79 Å². The van der Waals surface area contributed by atoms with Gasteiger partial charge in [0, 0.05) is 25.5 Å². The predicted octanol–water partition coefficient (Wildman–Crippen LogP) is 0.426. The van der Waals surface area contributed by atoms with Gasteiger partial charge in [-0.05, 0) is 22.6 Å². The Labute approximate surface area is 101 Å². The van der Waals surface area contributed by atoms with Gasteiger partial charge in [0.1, 0.15) is 3.70 Å². The molecule has 1 aromatic heterocycles. The number of carbonyl (C=O) groups is 1. The fourth-order valence-corrected chi connectivity index (χ4v) is 1.85. The SMILES string of the molecule is O=C1CC(CO)CN1c1cnc(I)cn1. The summed E-state index contributed by atoms with van der Waals surface area (Å²) < 4.78 is 0.793. The van der Waals surface area contributed by atoms with Crippen molar-refractivity contribution < 1.29 is 9.90 Å². The lowest BCUT2D eigenvalue weighted by Gasteiger charge is -2.14. The van der Waals surface area contributed by atoms with E-state index in [9.17, 15) is 4.79 Å². The molecule has 5 nitrogen and oxygen atoms in total. The fourth-order valence-electron chi connectivity index (χ4n) is 1.57. The van der Waals surface area contributed by atoms with Crippen LogP contribution in [-0.4, -0.2) is 34.1 Å². The highest BCUT2D eigenvalue weighted by Crippen LogP contribution is 2.22. The van der Waals surface area contributed by atoms with Gasteiger partial charge in [0.05, 0.1) is 12.4 Å². The zero-order valence-electron chi connectivity index (χ0n) is 7.93. The minimum Gasteiger partial charge on any atom is -0.396 e. The molecule has 6 heteroatoms. The van der Waals surface area contributed by atoms with Crippen LogP contribution in [0.3, 0.4) is 0 Å². The van der Waals surface area contributed by atoms with Crippen LogP contribution in [0, 0.1) is 9.62 Å².